The molecule has 1 fully saturated rings. The van der Waals surface area contributed by atoms with Crippen LogP contribution in [0, 0.1) is 0 Å². The second-order valence-corrected chi connectivity index (χ2v) is 9.93. The van der Waals surface area contributed by atoms with E-state index < -0.39 is 0 Å². The minimum Gasteiger partial charge on any atom is -0.307 e. The molecule has 0 unspecified atom stereocenters. The summed E-state index contributed by atoms with van der Waals surface area (Å²) in [5.41, 5.74) is 3.78. The molecule has 1 aliphatic rings. The molecule has 0 bridgehead atoms. The Kier molecular flexibility index (Phi) is 5.90. The van der Waals surface area contributed by atoms with Gasteiger partial charge in [-0.2, -0.15) is 0 Å². The number of hydrogen-bond acceptors (Lipinski definition) is 4. The Morgan fingerprint density at radius 3 is 2.50 bits per heavy atom. The minimum absolute atomic E-state index is 0.112. The molecule has 2 aromatic rings. The molecule has 0 aromatic heterocycles. The second-order valence-electron chi connectivity index (χ2n) is 7.16. The summed E-state index contributed by atoms with van der Waals surface area (Å²) in [5.74, 6) is 0.780. The zero-order valence-electron chi connectivity index (χ0n) is 15.0. The Morgan fingerprint density at radius 1 is 1.15 bits per heavy atom. The molecule has 0 spiro atoms. The zero-order chi connectivity index (χ0) is 18.7. The number of rotatable bonds is 4. The Hall–Kier alpha value is -1.56. The van der Waals surface area contributed by atoms with Gasteiger partial charge in [-0.05, 0) is 40.3 Å². The van der Waals surface area contributed by atoms with Gasteiger partial charge in [0, 0.05) is 10.6 Å². The lowest BCUT2D eigenvalue weighted by Crippen LogP contribution is -2.17. The molecule has 1 saturated heterocycles. The van der Waals surface area contributed by atoms with Crippen molar-refractivity contribution in [2.45, 2.75) is 36.8 Å². The van der Waals surface area contributed by atoms with Gasteiger partial charge in [0.1, 0.15) is 4.32 Å². The van der Waals surface area contributed by atoms with Gasteiger partial charge in [0.05, 0.1) is 4.91 Å². The summed E-state index contributed by atoms with van der Waals surface area (Å²) in [6.45, 7) is 6.68. The van der Waals surface area contributed by atoms with Crippen LogP contribution in [-0.4, -0.2) is 10.2 Å². The molecule has 1 amide bonds. The monoisotopic (exact) mass is 399 g/mol. The highest BCUT2D eigenvalue weighted by atomic mass is 32.2. The van der Waals surface area contributed by atoms with Crippen LogP contribution in [0.15, 0.2) is 58.3 Å². The number of hydrogen-bond donors (Lipinski definition) is 1. The van der Waals surface area contributed by atoms with Crippen molar-refractivity contribution in [3.63, 3.8) is 0 Å². The van der Waals surface area contributed by atoms with Crippen molar-refractivity contribution in [3.8, 4) is 0 Å². The van der Waals surface area contributed by atoms with Crippen LogP contribution in [0.25, 0.3) is 6.08 Å². The fraction of sp³-hybridized carbons (Fsp3) is 0.238. The first-order valence-electron chi connectivity index (χ1n) is 8.38. The Morgan fingerprint density at radius 2 is 1.88 bits per heavy atom. The fourth-order valence-corrected chi connectivity index (χ4v) is 4.45. The van der Waals surface area contributed by atoms with Crippen LogP contribution in [0.5, 0.6) is 0 Å². The molecule has 134 valence electrons. The molecule has 5 heteroatoms. The highest BCUT2D eigenvalue weighted by Crippen LogP contribution is 2.29. The van der Waals surface area contributed by atoms with E-state index in [2.05, 4.69) is 62.5 Å². The average Bonchev–Trinajstić information content (AvgIpc) is 2.90. The molecule has 1 aliphatic heterocycles. The van der Waals surface area contributed by atoms with Crippen LogP contribution in [-0.2, 0) is 16.0 Å². The minimum atomic E-state index is -0.112. The van der Waals surface area contributed by atoms with Gasteiger partial charge in [-0.25, -0.2) is 0 Å². The van der Waals surface area contributed by atoms with Crippen molar-refractivity contribution < 1.29 is 4.79 Å². The summed E-state index contributed by atoms with van der Waals surface area (Å²) in [5, 5.41) is 2.65. The maximum absolute atomic E-state index is 11.8. The number of thioether (sulfide) groups is 2. The summed E-state index contributed by atoms with van der Waals surface area (Å²) in [7, 11) is 0. The van der Waals surface area contributed by atoms with E-state index in [1.54, 1.807) is 0 Å². The van der Waals surface area contributed by atoms with E-state index in [-0.39, 0.29) is 11.3 Å². The standard InChI is InChI=1S/C21H21NOS3/c1-21(2,3)16-7-9-17(10-8-16)25-13-15-6-4-5-14(11-15)12-18-19(23)22-20(24)26-18/h4-12H,13H2,1-3H3,(H,22,23,24). The van der Waals surface area contributed by atoms with E-state index in [0.717, 1.165) is 11.3 Å². The number of thiocarbonyl (C=S) groups is 1. The van der Waals surface area contributed by atoms with Gasteiger partial charge in [-0.1, -0.05) is 81.1 Å². The molecule has 0 atom stereocenters. The topological polar surface area (TPSA) is 29.1 Å². The normalized spacial score (nSPS) is 16.2. The third-order valence-electron chi connectivity index (χ3n) is 4.02. The lowest BCUT2D eigenvalue weighted by Gasteiger charge is -2.19. The van der Waals surface area contributed by atoms with Gasteiger partial charge in [-0.15, -0.1) is 11.8 Å². The molecule has 26 heavy (non-hydrogen) atoms. The van der Waals surface area contributed by atoms with Gasteiger partial charge in [0.2, 0.25) is 0 Å². The summed E-state index contributed by atoms with van der Waals surface area (Å²) < 4.78 is 0.520. The fourth-order valence-electron chi connectivity index (χ4n) is 2.56. The predicted molar refractivity (Wildman–Crippen MR) is 117 cm³/mol. The maximum Gasteiger partial charge on any atom is 0.263 e. The third kappa shape index (κ3) is 5.00. The van der Waals surface area contributed by atoms with Crippen LogP contribution in [0.3, 0.4) is 0 Å². The van der Waals surface area contributed by atoms with Crippen molar-refractivity contribution >= 4 is 52.0 Å². The van der Waals surface area contributed by atoms with Crippen LogP contribution in [0.4, 0.5) is 0 Å². The van der Waals surface area contributed by atoms with Gasteiger partial charge in [0.15, 0.2) is 0 Å². The lowest BCUT2D eigenvalue weighted by molar-refractivity contribution is -0.115. The van der Waals surface area contributed by atoms with E-state index in [1.807, 2.05) is 30.0 Å². The first kappa shape index (κ1) is 19.2. The van der Waals surface area contributed by atoms with Gasteiger partial charge >= 0.3 is 0 Å². The van der Waals surface area contributed by atoms with Gasteiger partial charge in [0.25, 0.3) is 5.91 Å². The van der Waals surface area contributed by atoms with E-state index in [1.165, 1.54) is 27.8 Å². The smallest absolute Gasteiger partial charge is 0.263 e. The Labute approximate surface area is 168 Å². The second kappa shape index (κ2) is 7.99. The van der Waals surface area contributed by atoms with Crippen LogP contribution in [0.1, 0.15) is 37.5 Å². The van der Waals surface area contributed by atoms with Crippen molar-refractivity contribution in [3.05, 3.63) is 70.1 Å². The van der Waals surface area contributed by atoms with Crippen molar-refractivity contribution in [2.24, 2.45) is 0 Å². The lowest BCUT2D eigenvalue weighted by atomic mass is 9.87. The van der Waals surface area contributed by atoms with Gasteiger partial charge < -0.3 is 5.32 Å². The predicted octanol–water partition coefficient (Wildman–Crippen LogP) is 5.77. The quantitative estimate of drug-likeness (QED) is 0.402. The van der Waals surface area contributed by atoms with Crippen molar-refractivity contribution in [1.82, 2.24) is 5.32 Å². The molecule has 3 rings (SSSR count). The first-order chi connectivity index (χ1) is 12.3. The SMILES string of the molecule is CC(C)(C)c1ccc(SCc2cccc(C=C3SC(=S)NC3=O)c2)cc1. The Balaban J connectivity index is 1.67. The molecule has 2 aromatic carbocycles. The molecule has 2 nitrogen and oxygen atoms in total. The van der Waals surface area contributed by atoms with Crippen LogP contribution < -0.4 is 5.32 Å². The molecule has 0 aliphatic carbocycles. The number of nitrogens with one attached hydrogen (secondary N) is 1. The maximum atomic E-state index is 11.8. The molecule has 0 radical (unpaired) electrons. The molecule has 1 heterocycles. The zero-order valence-corrected chi connectivity index (χ0v) is 17.5. The molecule has 1 N–H and O–H groups in total. The van der Waals surface area contributed by atoms with E-state index in [9.17, 15) is 4.79 Å². The van der Waals surface area contributed by atoms with Crippen LogP contribution >= 0.6 is 35.7 Å². The molecular formula is C21H21NOS3. The third-order valence-corrected chi connectivity index (χ3v) is 6.26. The van der Waals surface area contributed by atoms with E-state index >= 15 is 0 Å². The first-order valence-corrected chi connectivity index (χ1v) is 10.6. The molecule has 0 saturated carbocycles. The highest BCUT2D eigenvalue weighted by molar-refractivity contribution is 8.26. The summed E-state index contributed by atoms with van der Waals surface area (Å²) in [6.07, 6.45) is 1.89. The van der Waals surface area contributed by atoms with E-state index in [0.29, 0.717) is 9.23 Å². The number of carbonyl (C=O) groups is 1. The summed E-state index contributed by atoms with van der Waals surface area (Å²) in [4.78, 5) is 13.7. The number of benzene rings is 2. The number of carbonyl (C=O) groups excluding carboxylic acids is 1. The summed E-state index contributed by atoms with van der Waals surface area (Å²) in [6, 6.07) is 17.1. The van der Waals surface area contributed by atoms with E-state index in [4.69, 9.17) is 12.2 Å². The molecular weight excluding hydrogens is 378 g/mol. The number of amides is 1. The van der Waals surface area contributed by atoms with Crippen LogP contribution in [0.2, 0.25) is 0 Å². The van der Waals surface area contributed by atoms with Crippen molar-refractivity contribution in [2.75, 3.05) is 0 Å². The van der Waals surface area contributed by atoms with Gasteiger partial charge in [-0.3, -0.25) is 4.79 Å². The highest BCUT2D eigenvalue weighted by Gasteiger charge is 2.21. The Bertz CT molecular complexity index is 864. The average molecular weight is 400 g/mol. The van der Waals surface area contributed by atoms with Crippen molar-refractivity contribution in [1.29, 1.82) is 0 Å². The largest absolute Gasteiger partial charge is 0.307 e. The summed E-state index contributed by atoms with van der Waals surface area (Å²) >= 11 is 8.16.